The van der Waals surface area contributed by atoms with Crippen LogP contribution in [0.1, 0.15) is 61.5 Å². The molecule has 2 aromatic rings. The molecule has 0 aliphatic rings. The summed E-state index contributed by atoms with van der Waals surface area (Å²) in [6.07, 6.45) is 9.95. The summed E-state index contributed by atoms with van der Waals surface area (Å²) in [5.74, 6) is 1.35. The zero-order valence-electron chi connectivity index (χ0n) is 20.1. The van der Waals surface area contributed by atoms with Crippen molar-refractivity contribution in [2.75, 3.05) is 27.4 Å². The Morgan fingerprint density at radius 1 is 0.941 bits per heavy atom. The molecule has 0 unspecified atom stereocenters. The van der Waals surface area contributed by atoms with Crippen molar-refractivity contribution >= 4 is 30.2 Å². The molecule has 1 aromatic carbocycles. The van der Waals surface area contributed by atoms with Crippen LogP contribution in [0.15, 0.2) is 42.6 Å². The number of ketones is 1. The number of ether oxygens (including phenoxy) is 4. The predicted octanol–water partition coefficient (Wildman–Crippen LogP) is 5.70. The maximum atomic E-state index is 12.5. The van der Waals surface area contributed by atoms with E-state index in [0.717, 1.165) is 32.1 Å². The molecule has 0 atom stereocenters. The van der Waals surface area contributed by atoms with E-state index in [1.807, 2.05) is 13.0 Å². The second-order valence-corrected chi connectivity index (χ2v) is 7.33. The van der Waals surface area contributed by atoms with Gasteiger partial charge < -0.3 is 18.9 Å². The molecule has 0 fully saturated rings. The monoisotopic (exact) mass is 491 g/mol. The minimum atomic E-state index is -0.171. The molecule has 0 bridgehead atoms. The number of carbonyl (C=O) groups is 2. The lowest BCUT2D eigenvalue weighted by molar-refractivity contribution is -0.143. The highest BCUT2D eigenvalue weighted by Crippen LogP contribution is 2.27. The quantitative estimate of drug-likeness (QED) is 0.137. The predicted molar refractivity (Wildman–Crippen MR) is 134 cm³/mol. The Morgan fingerprint density at radius 2 is 1.65 bits per heavy atom. The number of para-hydroxylation sites is 1. The van der Waals surface area contributed by atoms with Crippen LogP contribution in [0.3, 0.4) is 0 Å². The summed E-state index contributed by atoms with van der Waals surface area (Å²) >= 11 is 0. The van der Waals surface area contributed by atoms with Crippen LogP contribution in [0.5, 0.6) is 17.2 Å². The normalized spacial score (nSPS) is 10.4. The smallest absolute Gasteiger partial charge is 0.305 e. The minimum absolute atomic E-state index is 0. The molecule has 0 N–H and O–H groups in total. The number of benzene rings is 1. The van der Waals surface area contributed by atoms with E-state index >= 15 is 0 Å². The Kier molecular flexibility index (Phi) is 14.1. The third-order valence-electron chi connectivity index (χ3n) is 4.94. The van der Waals surface area contributed by atoms with Crippen LogP contribution in [0.2, 0.25) is 0 Å². The van der Waals surface area contributed by atoms with Crippen molar-refractivity contribution < 1.29 is 28.5 Å². The summed E-state index contributed by atoms with van der Waals surface area (Å²) in [5, 5.41) is 0. The van der Waals surface area contributed by atoms with Crippen LogP contribution >= 0.6 is 12.4 Å². The van der Waals surface area contributed by atoms with Crippen LogP contribution in [0.25, 0.3) is 6.08 Å². The van der Waals surface area contributed by atoms with Gasteiger partial charge in [0.05, 0.1) is 44.9 Å². The van der Waals surface area contributed by atoms with Crippen LogP contribution in [0, 0.1) is 0 Å². The summed E-state index contributed by atoms with van der Waals surface area (Å²) in [7, 11) is 3.10. The molecule has 0 amide bonds. The Balaban J connectivity index is 0.00000578. The lowest BCUT2D eigenvalue weighted by Gasteiger charge is -2.11. The first kappa shape index (κ1) is 29.0. The Morgan fingerprint density at radius 3 is 2.38 bits per heavy atom. The number of nitrogens with zero attached hydrogens (tertiary/aromatic N) is 1. The van der Waals surface area contributed by atoms with Crippen molar-refractivity contribution in [1.29, 1.82) is 0 Å². The molecule has 0 saturated heterocycles. The molecule has 186 valence electrons. The van der Waals surface area contributed by atoms with Gasteiger partial charge in [0.1, 0.15) is 5.75 Å². The highest BCUT2D eigenvalue weighted by molar-refractivity contribution is 6.08. The van der Waals surface area contributed by atoms with Gasteiger partial charge >= 0.3 is 5.97 Å². The maximum Gasteiger partial charge on any atom is 0.305 e. The van der Waals surface area contributed by atoms with Crippen molar-refractivity contribution in [2.45, 2.75) is 45.4 Å². The minimum Gasteiger partial charge on any atom is -0.496 e. The van der Waals surface area contributed by atoms with Gasteiger partial charge in [-0.2, -0.15) is 0 Å². The fraction of sp³-hybridized carbons (Fsp3) is 0.423. The number of allylic oxidation sites excluding steroid dienone is 1. The molecule has 2 rings (SSSR count). The number of methoxy groups -OCH3 is 2. The van der Waals surface area contributed by atoms with Gasteiger partial charge in [0.2, 0.25) is 0 Å². The lowest BCUT2D eigenvalue weighted by Crippen LogP contribution is -2.03. The molecule has 0 aliphatic carbocycles. The van der Waals surface area contributed by atoms with Crippen molar-refractivity contribution in [3.05, 3.63) is 53.9 Å². The number of rotatable bonds is 15. The van der Waals surface area contributed by atoms with Gasteiger partial charge in [-0.3, -0.25) is 14.6 Å². The molecule has 1 heterocycles. The van der Waals surface area contributed by atoms with Crippen molar-refractivity contribution in [3.63, 3.8) is 0 Å². The van der Waals surface area contributed by atoms with Crippen LogP contribution in [-0.4, -0.2) is 44.2 Å². The largest absolute Gasteiger partial charge is 0.496 e. The van der Waals surface area contributed by atoms with E-state index in [9.17, 15) is 9.59 Å². The third kappa shape index (κ3) is 9.83. The number of hydrogen-bond acceptors (Lipinski definition) is 7. The average Bonchev–Trinajstić information content (AvgIpc) is 2.84. The molecule has 0 aliphatic heterocycles. The summed E-state index contributed by atoms with van der Waals surface area (Å²) in [6.45, 7) is 2.79. The van der Waals surface area contributed by atoms with Crippen molar-refractivity contribution in [1.82, 2.24) is 4.98 Å². The van der Waals surface area contributed by atoms with Gasteiger partial charge in [-0.1, -0.05) is 31.4 Å². The summed E-state index contributed by atoms with van der Waals surface area (Å²) < 4.78 is 21.4. The zero-order chi connectivity index (χ0) is 23.9. The van der Waals surface area contributed by atoms with Gasteiger partial charge in [0.25, 0.3) is 0 Å². The highest BCUT2D eigenvalue weighted by Gasteiger charge is 2.10. The fourth-order valence-corrected chi connectivity index (χ4v) is 3.21. The van der Waals surface area contributed by atoms with E-state index < -0.39 is 0 Å². The first-order chi connectivity index (χ1) is 16.1. The average molecular weight is 492 g/mol. The van der Waals surface area contributed by atoms with Gasteiger partial charge in [-0.25, -0.2) is 0 Å². The van der Waals surface area contributed by atoms with Gasteiger partial charge in [0.15, 0.2) is 17.3 Å². The van der Waals surface area contributed by atoms with Crippen molar-refractivity contribution in [2.24, 2.45) is 0 Å². The van der Waals surface area contributed by atoms with E-state index in [1.54, 1.807) is 43.6 Å². The van der Waals surface area contributed by atoms with Crippen LogP contribution in [-0.2, 0) is 9.53 Å². The van der Waals surface area contributed by atoms with Gasteiger partial charge in [-0.15, -0.1) is 12.4 Å². The molecular formula is C26H34ClNO6. The molecule has 0 spiro atoms. The number of aromatic nitrogens is 1. The second kappa shape index (κ2) is 16.5. The van der Waals surface area contributed by atoms with Gasteiger partial charge in [0, 0.05) is 12.5 Å². The van der Waals surface area contributed by atoms with E-state index in [4.69, 9.17) is 18.9 Å². The number of halogens is 1. The topological polar surface area (TPSA) is 84.0 Å². The van der Waals surface area contributed by atoms with E-state index in [-0.39, 0.29) is 24.2 Å². The fourth-order valence-electron chi connectivity index (χ4n) is 3.21. The highest BCUT2D eigenvalue weighted by atomic mass is 35.5. The molecule has 8 heteroatoms. The van der Waals surface area contributed by atoms with Crippen LogP contribution < -0.4 is 14.2 Å². The summed E-state index contributed by atoms with van der Waals surface area (Å²) in [5.41, 5.74) is 1.08. The first-order valence-corrected chi connectivity index (χ1v) is 11.3. The Labute approximate surface area is 207 Å². The number of hydrogen-bond donors (Lipinski definition) is 0. The SMILES string of the molecule is CCOC(=O)CCCCCCCOc1cc(C=CC(=O)c2ccccc2OC)ncc1OC.Cl. The standard InChI is InChI=1S/C26H33NO6.ClH/c1-4-32-26(29)14-8-6-5-7-11-17-33-24-18-20(27-19-25(24)31-3)15-16-22(28)21-12-9-10-13-23(21)30-2;/h9-10,12-13,15-16,18-19H,4-8,11,14,17H2,1-3H3;1H. The molecular weight excluding hydrogens is 458 g/mol. The van der Waals surface area contributed by atoms with Crippen molar-refractivity contribution in [3.8, 4) is 17.2 Å². The molecule has 1 aromatic heterocycles. The molecule has 0 radical (unpaired) electrons. The zero-order valence-corrected chi connectivity index (χ0v) is 20.9. The Bertz CT molecular complexity index is 931. The Hall–Kier alpha value is -3.06. The number of pyridine rings is 1. The van der Waals surface area contributed by atoms with E-state index in [2.05, 4.69) is 4.98 Å². The number of esters is 1. The maximum absolute atomic E-state index is 12.5. The van der Waals surface area contributed by atoms with Gasteiger partial charge in [-0.05, 0) is 44.1 Å². The first-order valence-electron chi connectivity index (χ1n) is 11.3. The summed E-state index contributed by atoms with van der Waals surface area (Å²) in [4.78, 5) is 28.1. The molecule has 7 nitrogen and oxygen atoms in total. The summed E-state index contributed by atoms with van der Waals surface area (Å²) in [6, 6.07) is 8.83. The lowest BCUT2D eigenvalue weighted by atomic mass is 10.1. The number of unbranched alkanes of at least 4 members (excludes halogenated alkanes) is 4. The third-order valence-corrected chi connectivity index (χ3v) is 4.94. The molecule has 0 saturated carbocycles. The number of carbonyl (C=O) groups excluding carboxylic acids is 2. The molecule has 34 heavy (non-hydrogen) atoms. The van der Waals surface area contributed by atoms with E-state index in [1.165, 1.54) is 13.2 Å². The van der Waals surface area contributed by atoms with Crippen LogP contribution in [0.4, 0.5) is 0 Å². The second-order valence-electron chi connectivity index (χ2n) is 7.33. The van der Waals surface area contributed by atoms with E-state index in [0.29, 0.717) is 48.1 Å².